The fourth-order valence-corrected chi connectivity index (χ4v) is 2.47. The Bertz CT molecular complexity index is 755. The van der Waals surface area contributed by atoms with Crippen LogP contribution in [0.3, 0.4) is 0 Å². The Morgan fingerprint density at radius 2 is 1.74 bits per heavy atom. The molecule has 27 heavy (non-hydrogen) atoms. The fourth-order valence-electron chi connectivity index (χ4n) is 2.47. The van der Waals surface area contributed by atoms with Crippen LogP contribution in [0.2, 0.25) is 0 Å². The van der Waals surface area contributed by atoms with Gasteiger partial charge in [0.05, 0.1) is 12.2 Å². The third-order valence-electron chi connectivity index (χ3n) is 4.15. The summed E-state index contributed by atoms with van der Waals surface area (Å²) in [7, 11) is 0. The van der Waals surface area contributed by atoms with Crippen molar-refractivity contribution in [1.29, 1.82) is 0 Å². The van der Waals surface area contributed by atoms with Gasteiger partial charge in [0.15, 0.2) is 6.10 Å². The van der Waals surface area contributed by atoms with E-state index in [0.717, 1.165) is 18.4 Å². The first kappa shape index (κ1) is 20.5. The molecule has 144 valence electrons. The first-order valence-electron chi connectivity index (χ1n) is 9.35. The number of carbonyl (C=O) groups excluding carboxylic acids is 2. The van der Waals surface area contributed by atoms with Crippen LogP contribution < -0.4 is 10.1 Å². The van der Waals surface area contributed by atoms with Gasteiger partial charge in [-0.15, -0.1) is 0 Å². The van der Waals surface area contributed by atoms with E-state index in [4.69, 9.17) is 9.47 Å². The van der Waals surface area contributed by atoms with E-state index in [9.17, 15) is 9.59 Å². The van der Waals surface area contributed by atoms with Crippen molar-refractivity contribution < 1.29 is 19.1 Å². The highest BCUT2D eigenvalue weighted by Gasteiger charge is 2.19. The molecule has 0 saturated heterocycles. The van der Waals surface area contributed by atoms with Crippen LogP contribution in [0.4, 0.5) is 5.69 Å². The average Bonchev–Trinajstić information content (AvgIpc) is 2.68. The van der Waals surface area contributed by atoms with Gasteiger partial charge in [-0.1, -0.05) is 38.5 Å². The second kappa shape index (κ2) is 10.4. The molecule has 5 nitrogen and oxygen atoms in total. The van der Waals surface area contributed by atoms with Gasteiger partial charge in [0.25, 0.3) is 5.91 Å². The van der Waals surface area contributed by atoms with Crippen molar-refractivity contribution >= 4 is 17.6 Å². The molecule has 2 aromatic rings. The molecular formula is C22H27NO4. The Hall–Kier alpha value is -2.82. The summed E-state index contributed by atoms with van der Waals surface area (Å²) in [5.41, 5.74) is 2.05. The molecule has 0 spiro atoms. The molecule has 0 fully saturated rings. The summed E-state index contributed by atoms with van der Waals surface area (Å²) in [6.07, 6.45) is 1.77. The number of aryl methyl sites for hydroxylation is 1. The van der Waals surface area contributed by atoms with Crippen molar-refractivity contribution in [2.75, 3.05) is 11.9 Å². The van der Waals surface area contributed by atoms with Gasteiger partial charge in [-0.25, -0.2) is 4.79 Å². The molecule has 1 atom stereocenters. The molecule has 0 unspecified atom stereocenters. The Balaban J connectivity index is 1.95. The lowest BCUT2D eigenvalue weighted by atomic mass is 10.2. The number of hydrogen-bond acceptors (Lipinski definition) is 4. The van der Waals surface area contributed by atoms with Crippen LogP contribution >= 0.6 is 0 Å². The molecule has 2 aromatic carbocycles. The van der Waals surface area contributed by atoms with Crippen LogP contribution in [0.25, 0.3) is 0 Å². The van der Waals surface area contributed by atoms with E-state index in [-0.39, 0.29) is 11.9 Å². The lowest BCUT2D eigenvalue weighted by molar-refractivity contribution is -0.122. The molecule has 0 bridgehead atoms. The number of ether oxygens (including phenoxy) is 2. The Morgan fingerprint density at radius 3 is 2.37 bits per heavy atom. The Kier molecular flexibility index (Phi) is 7.86. The molecule has 1 N–H and O–H groups in total. The molecule has 0 aliphatic heterocycles. The molecule has 2 rings (SSSR count). The lowest BCUT2D eigenvalue weighted by Gasteiger charge is -2.18. The van der Waals surface area contributed by atoms with E-state index in [1.807, 2.05) is 45.0 Å². The maximum absolute atomic E-state index is 12.5. The number of esters is 1. The molecule has 0 aromatic heterocycles. The van der Waals surface area contributed by atoms with Crippen LogP contribution in [0.1, 0.15) is 49.0 Å². The summed E-state index contributed by atoms with van der Waals surface area (Å²) in [6.45, 7) is 6.30. The number of rotatable bonds is 9. The zero-order valence-corrected chi connectivity index (χ0v) is 16.2. The van der Waals surface area contributed by atoms with E-state index in [2.05, 4.69) is 5.32 Å². The number of para-hydroxylation sites is 1. The number of benzene rings is 2. The summed E-state index contributed by atoms with van der Waals surface area (Å²) in [6, 6.07) is 14.3. The number of anilines is 1. The molecule has 0 radical (unpaired) electrons. The quantitative estimate of drug-likeness (QED) is 0.512. The molecule has 5 heteroatoms. The van der Waals surface area contributed by atoms with Gasteiger partial charge in [0, 0.05) is 5.69 Å². The van der Waals surface area contributed by atoms with Crippen molar-refractivity contribution in [3.63, 3.8) is 0 Å². The summed E-state index contributed by atoms with van der Waals surface area (Å²) in [5.74, 6) is 0.124. The summed E-state index contributed by atoms with van der Waals surface area (Å²) < 4.78 is 11.0. The van der Waals surface area contributed by atoms with Gasteiger partial charge in [-0.05, 0) is 55.7 Å². The maximum atomic E-state index is 12.5. The van der Waals surface area contributed by atoms with Crippen molar-refractivity contribution in [2.24, 2.45) is 0 Å². The molecule has 0 aliphatic rings. The smallest absolute Gasteiger partial charge is 0.338 e. The predicted molar refractivity (Wildman–Crippen MR) is 106 cm³/mol. The second-order valence-corrected chi connectivity index (χ2v) is 6.34. The van der Waals surface area contributed by atoms with Crippen molar-refractivity contribution in [3.05, 3.63) is 59.7 Å². The zero-order valence-electron chi connectivity index (χ0n) is 16.2. The Labute approximate surface area is 160 Å². The van der Waals surface area contributed by atoms with Gasteiger partial charge < -0.3 is 14.8 Å². The zero-order chi connectivity index (χ0) is 19.6. The molecule has 1 amide bonds. The highest BCUT2D eigenvalue weighted by molar-refractivity contribution is 5.95. The summed E-state index contributed by atoms with van der Waals surface area (Å²) in [5, 5.41) is 2.84. The molecule has 0 heterocycles. The second-order valence-electron chi connectivity index (χ2n) is 6.34. The van der Waals surface area contributed by atoms with Crippen molar-refractivity contribution in [1.82, 2.24) is 0 Å². The lowest BCUT2D eigenvalue weighted by Crippen LogP contribution is -2.32. The van der Waals surface area contributed by atoms with Crippen molar-refractivity contribution in [2.45, 2.75) is 46.1 Å². The average molecular weight is 369 g/mol. The molecular weight excluding hydrogens is 342 g/mol. The summed E-state index contributed by atoms with van der Waals surface area (Å²) in [4.78, 5) is 24.4. The highest BCUT2D eigenvalue weighted by atomic mass is 16.5. The number of carbonyl (C=O) groups is 2. The van der Waals surface area contributed by atoms with Gasteiger partial charge >= 0.3 is 5.97 Å². The number of nitrogens with one attached hydrogen (secondary N) is 1. The van der Waals surface area contributed by atoms with Crippen LogP contribution in [-0.4, -0.2) is 24.6 Å². The van der Waals surface area contributed by atoms with Gasteiger partial charge in [0.2, 0.25) is 0 Å². The van der Waals surface area contributed by atoms with Crippen LogP contribution in [-0.2, 0) is 9.53 Å². The van der Waals surface area contributed by atoms with Gasteiger partial charge in [-0.3, -0.25) is 4.79 Å². The standard InChI is InChI=1S/C22H27NO4/c1-4-6-15-26-22(25)17-11-13-18(14-12-17)23-21(24)19(5-2)27-20-10-8-7-9-16(20)3/h7-14,19H,4-6,15H2,1-3H3,(H,23,24)/t19-/m0/s1. The number of unbranched alkanes of at least 4 members (excludes halogenated alkanes) is 1. The topological polar surface area (TPSA) is 64.6 Å². The third-order valence-corrected chi connectivity index (χ3v) is 4.15. The minimum atomic E-state index is -0.593. The van der Waals surface area contributed by atoms with E-state index < -0.39 is 6.10 Å². The molecule has 0 aliphatic carbocycles. The minimum Gasteiger partial charge on any atom is -0.480 e. The van der Waals surface area contributed by atoms with E-state index in [1.54, 1.807) is 24.3 Å². The SMILES string of the molecule is CCCCOC(=O)c1ccc(NC(=O)[C@H](CC)Oc2ccccc2C)cc1. The van der Waals surface area contributed by atoms with E-state index in [0.29, 0.717) is 30.0 Å². The third kappa shape index (κ3) is 6.13. The first-order valence-corrected chi connectivity index (χ1v) is 9.35. The number of hydrogen-bond donors (Lipinski definition) is 1. The van der Waals surface area contributed by atoms with Crippen LogP contribution in [0.5, 0.6) is 5.75 Å². The normalized spacial score (nSPS) is 11.5. The minimum absolute atomic E-state index is 0.223. The maximum Gasteiger partial charge on any atom is 0.338 e. The van der Waals surface area contributed by atoms with Crippen LogP contribution in [0.15, 0.2) is 48.5 Å². The molecule has 0 saturated carbocycles. The van der Waals surface area contributed by atoms with E-state index in [1.165, 1.54) is 0 Å². The van der Waals surface area contributed by atoms with Crippen molar-refractivity contribution in [3.8, 4) is 5.75 Å². The first-order chi connectivity index (χ1) is 13.0. The fraction of sp³-hybridized carbons (Fsp3) is 0.364. The highest BCUT2D eigenvalue weighted by Crippen LogP contribution is 2.20. The number of amides is 1. The predicted octanol–water partition coefficient (Wildman–Crippen LogP) is 4.75. The Morgan fingerprint density at radius 1 is 1.04 bits per heavy atom. The van der Waals surface area contributed by atoms with Gasteiger partial charge in [0.1, 0.15) is 5.75 Å². The van der Waals surface area contributed by atoms with E-state index >= 15 is 0 Å². The largest absolute Gasteiger partial charge is 0.480 e. The summed E-state index contributed by atoms with van der Waals surface area (Å²) >= 11 is 0. The van der Waals surface area contributed by atoms with Gasteiger partial charge in [-0.2, -0.15) is 0 Å². The monoisotopic (exact) mass is 369 g/mol. The van der Waals surface area contributed by atoms with Crippen LogP contribution in [0, 0.1) is 6.92 Å².